The molecule has 0 aromatic carbocycles. The van der Waals surface area contributed by atoms with Crippen molar-refractivity contribution in [3.05, 3.63) is 100 Å². The van der Waals surface area contributed by atoms with E-state index in [0.717, 1.165) is 22.3 Å². The van der Waals surface area contributed by atoms with E-state index in [1.165, 1.54) is 0 Å². The number of carbonyl (C=O) groups excluding carboxylic acids is 2. The Labute approximate surface area is 343 Å². The number of aliphatic hydroxyl groups excluding tert-OH is 6. The van der Waals surface area contributed by atoms with Gasteiger partial charge in [-0.05, 0) is 77.0 Å². The van der Waals surface area contributed by atoms with Gasteiger partial charge in [0.05, 0.1) is 23.9 Å². The van der Waals surface area contributed by atoms with Gasteiger partial charge in [-0.1, -0.05) is 99.6 Å². The number of epoxide rings is 1. The summed E-state index contributed by atoms with van der Waals surface area (Å²) < 4.78 is 16.4. The van der Waals surface area contributed by atoms with Crippen molar-refractivity contribution in [1.82, 2.24) is 0 Å². The van der Waals surface area contributed by atoms with Gasteiger partial charge in [0.15, 0.2) is 5.78 Å². The second kappa shape index (κ2) is 19.6. The lowest BCUT2D eigenvalue weighted by atomic mass is 9.61. The van der Waals surface area contributed by atoms with Crippen molar-refractivity contribution in [2.75, 3.05) is 6.61 Å². The van der Waals surface area contributed by atoms with Crippen LogP contribution in [0.5, 0.6) is 0 Å². The summed E-state index contributed by atoms with van der Waals surface area (Å²) in [6.07, 6.45) is 12.3. The molecular weight excluding hydrogens is 744 g/mol. The van der Waals surface area contributed by atoms with Gasteiger partial charge in [-0.2, -0.15) is 0 Å². The highest BCUT2D eigenvalue weighted by molar-refractivity contribution is 5.96. The Morgan fingerprint density at radius 3 is 1.93 bits per heavy atom. The molecule has 3 fully saturated rings. The van der Waals surface area contributed by atoms with Crippen LogP contribution in [0.25, 0.3) is 0 Å². The first-order chi connectivity index (χ1) is 26.8. The molecule has 2 saturated carbocycles. The first-order valence-corrected chi connectivity index (χ1v) is 19.8. The first kappa shape index (κ1) is 48.7. The predicted octanol–water partition coefficient (Wildman–Crippen LogP) is 5.68. The standard InChI is InChI=1S/C46H66O12/c1-29(17-13-18-31(3)21-22-37-42(5,6)23-33(48)24-44(37,9)55)15-11-12-16-30(2)19-14-20-32(4)35(49)27-46-43(7,8)25-34(26-45(46,10)58-46)56-41(54)57-40(53)39(52)38(51)36(50)28-47/h11-21,33-34,36,38-40,47-48,50-53,55H,23-28H2,1-10H3/b12-11+,17-13+,19-14+,29-15+,30-16+,31-18+,32-20+/t22?,33?,34?,36?,38?,39?,40?,44-,45?,46?/m1/s1. The Bertz CT molecular complexity index is 1760. The Hall–Kier alpha value is -3.68. The molecule has 322 valence electrons. The third kappa shape index (κ3) is 12.4. The highest BCUT2D eigenvalue weighted by Crippen LogP contribution is 2.67. The van der Waals surface area contributed by atoms with E-state index in [1.54, 1.807) is 19.9 Å². The minimum Gasteiger partial charge on any atom is -0.431 e. The lowest BCUT2D eigenvalue weighted by Gasteiger charge is -2.43. The van der Waals surface area contributed by atoms with E-state index in [1.807, 2.05) is 116 Å². The molecule has 58 heavy (non-hydrogen) atoms. The van der Waals surface area contributed by atoms with Crippen LogP contribution in [0, 0.1) is 10.8 Å². The second-order valence-electron chi connectivity index (χ2n) is 17.8. The van der Waals surface area contributed by atoms with Crippen LogP contribution in [0.2, 0.25) is 0 Å². The number of ether oxygens (including phenoxy) is 3. The minimum absolute atomic E-state index is 0.0729. The van der Waals surface area contributed by atoms with Crippen molar-refractivity contribution in [1.29, 1.82) is 0 Å². The second-order valence-corrected chi connectivity index (χ2v) is 17.8. The van der Waals surface area contributed by atoms with Crippen LogP contribution in [-0.2, 0) is 19.0 Å². The minimum atomic E-state index is -2.21. The van der Waals surface area contributed by atoms with Crippen molar-refractivity contribution in [3.8, 4) is 0 Å². The number of ketones is 1. The van der Waals surface area contributed by atoms with Crippen molar-refractivity contribution in [2.45, 2.75) is 155 Å². The van der Waals surface area contributed by atoms with E-state index in [9.17, 15) is 40.2 Å². The Morgan fingerprint density at radius 1 is 0.810 bits per heavy atom. The summed E-state index contributed by atoms with van der Waals surface area (Å²) in [6, 6.07) is 0. The van der Waals surface area contributed by atoms with Gasteiger partial charge >= 0.3 is 6.16 Å². The van der Waals surface area contributed by atoms with Crippen molar-refractivity contribution in [3.63, 3.8) is 0 Å². The Balaban J connectivity index is 1.52. The van der Waals surface area contributed by atoms with E-state index in [4.69, 9.17) is 19.3 Å². The number of aliphatic hydroxyl groups is 7. The molecule has 2 aliphatic carbocycles. The smallest absolute Gasteiger partial charge is 0.431 e. The van der Waals surface area contributed by atoms with Crippen LogP contribution in [0.15, 0.2) is 100 Å². The summed E-state index contributed by atoms with van der Waals surface area (Å²) in [7, 11) is 0. The van der Waals surface area contributed by atoms with Crippen LogP contribution in [0.1, 0.15) is 101 Å². The van der Waals surface area contributed by atoms with E-state index in [-0.39, 0.29) is 24.0 Å². The van der Waals surface area contributed by atoms with Crippen LogP contribution in [-0.4, -0.2) is 108 Å². The van der Waals surface area contributed by atoms with Gasteiger partial charge in [0.25, 0.3) is 0 Å². The summed E-state index contributed by atoms with van der Waals surface area (Å²) >= 11 is 0. The van der Waals surface area contributed by atoms with E-state index < -0.39 is 71.8 Å². The summed E-state index contributed by atoms with van der Waals surface area (Å²) in [6.45, 7) is 18.3. The normalized spacial score (nSPS) is 31.1. The maximum absolute atomic E-state index is 13.4. The fraction of sp³-hybridized carbons (Fsp3) is 0.587. The summed E-state index contributed by atoms with van der Waals surface area (Å²) in [5.41, 5.74) is 4.10. The number of carbonyl (C=O) groups is 2. The Morgan fingerprint density at radius 2 is 1.38 bits per heavy atom. The molecule has 1 heterocycles. The zero-order chi connectivity index (χ0) is 43.9. The summed E-state index contributed by atoms with van der Waals surface area (Å²) in [5, 5.41) is 69.1. The third-order valence-corrected chi connectivity index (χ3v) is 11.5. The highest BCUT2D eigenvalue weighted by Gasteiger charge is 2.76. The van der Waals surface area contributed by atoms with Gasteiger partial charge in [0.1, 0.15) is 30.0 Å². The number of allylic oxidation sites excluding steroid dienone is 14. The van der Waals surface area contributed by atoms with Crippen molar-refractivity contribution < 1.29 is 59.5 Å². The molecule has 12 nitrogen and oxygen atoms in total. The topological polar surface area (TPSA) is 207 Å². The third-order valence-electron chi connectivity index (χ3n) is 11.5. The van der Waals surface area contributed by atoms with Gasteiger partial charge in [-0.3, -0.25) is 4.79 Å². The maximum Gasteiger partial charge on any atom is 0.510 e. The fourth-order valence-corrected chi connectivity index (χ4v) is 8.36. The van der Waals surface area contributed by atoms with Crippen molar-refractivity contribution >= 4 is 11.9 Å². The number of fused-ring (bicyclic) bond motifs is 1. The van der Waals surface area contributed by atoms with E-state index >= 15 is 0 Å². The molecule has 3 rings (SSSR count). The van der Waals surface area contributed by atoms with Crippen LogP contribution in [0.3, 0.4) is 0 Å². The lowest BCUT2D eigenvalue weighted by Crippen LogP contribution is -2.50. The number of Topliss-reactive ketones (excluding diaryl/α,β-unsaturated/α-hetero) is 1. The fourth-order valence-electron chi connectivity index (χ4n) is 8.36. The van der Waals surface area contributed by atoms with Crippen LogP contribution in [0.4, 0.5) is 4.79 Å². The van der Waals surface area contributed by atoms with Gasteiger partial charge in [-0.15, -0.1) is 5.73 Å². The molecular formula is C46H66O12. The van der Waals surface area contributed by atoms with Crippen LogP contribution < -0.4 is 0 Å². The van der Waals surface area contributed by atoms with Crippen LogP contribution >= 0.6 is 0 Å². The zero-order valence-corrected chi connectivity index (χ0v) is 35.7. The Kier molecular flexibility index (Phi) is 16.4. The van der Waals surface area contributed by atoms with Gasteiger partial charge in [0, 0.05) is 30.3 Å². The monoisotopic (exact) mass is 810 g/mol. The molecule has 0 aromatic heterocycles. The maximum atomic E-state index is 13.4. The largest absolute Gasteiger partial charge is 0.510 e. The molecule has 1 saturated heterocycles. The van der Waals surface area contributed by atoms with E-state index in [2.05, 4.69) is 5.73 Å². The number of rotatable bonds is 16. The summed E-state index contributed by atoms with van der Waals surface area (Å²) in [5.74, 6) is -0.0729. The predicted molar refractivity (Wildman–Crippen MR) is 221 cm³/mol. The zero-order valence-electron chi connectivity index (χ0n) is 35.7. The molecule has 12 heteroatoms. The van der Waals surface area contributed by atoms with E-state index in [0.29, 0.717) is 24.8 Å². The summed E-state index contributed by atoms with van der Waals surface area (Å²) in [4.78, 5) is 25.8. The van der Waals surface area contributed by atoms with Gasteiger partial charge < -0.3 is 50.0 Å². The van der Waals surface area contributed by atoms with Crippen molar-refractivity contribution in [2.24, 2.45) is 10.8 Å². The molecule has 0 amide bonds. The SMILES string of the molecule is C\C(C=C=C1C(C)(C)CC(O)C[C@@]1(C)O)=C/C=C/C(C)=C/C=C/C=C(C)/C=C/C=C(\C)C(=O)CC12OC1(C)CC(OC(=O)OC(O)C(O)C(O)C(O)CO)CC2(C)C. The average Bonchev–Trinajstić information content (AvgIpc) is 3.72. The van der Waals surface area contributed by atoms with Gasteiger partial charge in [0.2, 0.25) is 6.29 Å². The molecule has 8 unspecified atom stereocenters. The quantitative estimate of drug-likeness (QED) is 0.0251. The molecule has 0 spiro atoms. The average molecular weight is 811 g/mol. The number of hydrogen-bond acceptors (Lipinski definition) is 12. The molecule has 0 radical (unpaired) electrons. The molecule has 3 aliphatic rings. The molecule has 0 bridgehead atoms. The number of hydrogen-bond donors (Lipinski definition) is 7. The van der Waals surface area contributed by atoms with Gasteiger partial charge in [-0.25, -0.2) is 4.79 Å². The molecule has 1 aliphatic heterocycles. The molecule has 7 N–H and O–H groups in total. The molecule has 9 atom stereocenters. The highest BCUT2D eigenvalue weighted by atomic mass is 16.8. The first-order valence-electron chi connectivity index (χ1n) is 19.8. The molecule has 0 aromatic rings. The lowest BCUT2D eigenvalue weighted by molar-refractivity contribution is -0.191.